The molecule has 0 aliphatic heterocycles. The van der Waals surface area contributed by atoms with Crippen LogP contribution < -0.4 is 91.6 Å². The molecule has 3 aromatic heterocycles. The van der Waals surface area contributed by atoms with Crippen molar-refractivity contribution >= 4 is 165 Å². The van der Waals surface area contributed by atoms with Crippen molar-refractivity contribution in [3.05, 3.63) is 108 Å². The number of benzene rings is 3. The molecular formula is C81H113N21O21S2. The summed E-state index contributed by atoms with van der Waals surface area (Å²) in [5, 5.41) is 85.0. The van der Waals surface area contributed by atoms with Gasteiger partial charge in [0.25, 0.3) is 0 Å². The number of rotatable bonds is 52. The van der Waals surface area contributed by atoms with Crippen molar-refractivity contribution in [3.63, 3.8) is 0 Å². The monoisotopic (exact) mass is 1780 g/mol. The van der Waals surface area contributed by atoms with Gasteiger partial charge in [-0.3, -0.25) is 82.1 Å². The normalized spacial score (nSPS) is 14.7. The van der Waals surface area contributed by atoms with Crippen LogP contribution in [0.15, 0.2) is 91.4 Å². The Morgan fingerprint density at radius 2 is 0.776 bits per heavy atom. The van der Waals surface area contributed by atoms with Crippen LogP contribution in [-0.2, 0) is 101 Å². The molecule has 14 atom stereocenters. The first-order valence-electron chi connectivity index (χ1n) is 40.3. The van der Waals surface area contributed by atoms with Crippen LogP contribution in [0.1, 0.15) is 117 Å². The molecule has 28 N–H and O–H groups in total. The summed E-state index contributed by atoms with van der Waals surface area (Å²) in [6.45, 7) is 9.56. The molecule has 14 amide bonds. The second kappa shape index (κ2) is 48.9. The van der Waals surface area contributed by atoms with Crippen LogP contribution >= 0.6 is 25.3 Å². The first-order chi connectivity index (χ1) is 59.1. The summed E-state index contributed by atoms with van der Waals surface area (Å²) in [6, 6.07) is 0.170. The van der Waals surface area contributed by atoms with E-state index in [2.05, 4.69) is 115 Å². The van der Waals surface area contributed by atoms with Crippen molar-refractivity contribution in [3.8, 4) is 0 Å². The summed E-state index contributed by atoms with van der Waals surface area (Å²) in [5.74, 6) is -21.9. The minimum absolute atomic E-state index is 0.0691. The maximum absolute atomic E-state index is 15.0. The molecule has 0 aliphatic rings. The predicted octanol–water partition coefficient (Wildman–Crippen LogP) is -3.03. The largest absolute Gasteiger partial charge is 0.481 e. The smallest absolute Gasteiger partial charge is 0.327 e. The van der Waals surface area contributed by atoms with Gasteiger partial charge >= 0.3 is 17.9 Å². The summed E-state index contributed by atoms with van der Waals surface area (Å²) in [7, 11) is 0. The van der Waals surface area contributed by atoms with Crippen LogP contribution in [0.25, 0.3) is 32.7 Å². The third-order valence-corrected chi connectivity index (χ3v) is 20.8. The number of carboxylic acids is 3. The number of carbonyl (C=O) groups is 17. The number of H-pyrrole nitrogens is 3. The van der Waals surface area contributed by atoms with E-state index in [0.29, 0.717) is 49.4 Å². The fourth-order valence-electron chi connectivity index (χ4n) is 13.4. The van der Waals surface area contributed by atoms with E-state index < -0.39 is 242 Å². The standard InChI is InChI=1S/C81H113N21O21S2/c1-38(2)27-55(95-72(114)53(22-24-61(83)104)92-71(113)54(23-25-63(106)107)93-74(116)56(94-68(110)48(82)36-124)28-42-32-87-49-18-11-8-15-45(42)49)73(115)96-59(31-64(108)109)69(111)90-35-62(105)100-65(39(3)4)78(120)102-67(41(7)103)79(121)98-58(30-44-34-89-51-20-13-10-17-47(44)51)76(118)101-66(40(5)6)77(119)97-57(29-43-33-88-50-19-12-9-16-46(43)50)75(117)91-52(21-14-26-86-81(84)85)70(112)99-60(37-125)80(122)123/h8-13,15-20,32-34,38-41,48,52-60,65-67,87-89,103,124-125H,14,21-31,35-37,82H2,1-7H3,(H2,83,104)(H,90,111)(H,91,117)(H,92,113)(H,93,116)(H,94,110)(H,95,114)(H,96,115)(H,97,119)(H,98,121)(H,99,112)(H,100,105)(H,101,118)(H,102,120)(H,106,107)(H,108,109)(H,122,123)(H4,84,85,86)/t41-,48+,52+,53+,54+,55+,56+,57+,58+,59+,60+,65+,66+,67+/m1/s1. The lowest BCUT2D eigenvalue weighted by molar-refractivity contribution is -0.142. The third-order valence-electron chi connectivity index (χ3n) is 20.1. The molecule has 0 aliphatic carbocycles. The SMILES string of the molecule is CC(C)C[C@H](NC(=O)[C@H](CCC(N)=O)NC(=O)[C@H](CCC(=O)O)NC(=O)[C@H](Cc1c[nH]c2ccccc12)NC(=O)[C@@H](N)CS)C(=O)N[C@@H](CC(=O)O)C(=O)NCC(=O)N[C@H](C(=O)N[C@H](C(=O)N[C@@H](Cc1c[nH]c2ccccc12)C(=O)N[C@H](C(=O)N[C@@H](Cc1c[nH]c2ccccc12)C(=O)N[C@@H](CCCNC(=N)N)C(=O)N[C@@H](CS)C(=O)O)C(C)C)[C@@H](C)O)C(C)C. The number of aromatic amines is 3. The molecule has 125 heavy (non-hydrogen) atoms. The van der Waals surface area contributed by atoms with Crippen molar-refractivity contribution < 1.29 is 102 Å². The van der Waals surface area contributed by atoms with E-state index in [-0.39, 0.29) is 62.5 Å². The van der Waals surface area contributed by atoms with Crippen LogP contribution in [0.5, 0.6) is 0 Å². The number of hydrogen-bond acceptors (Lipinski definition) is 22. The van der Waals surface area contributed by atoms with Gasteiger partial charge in [0.05, 0.1) is 25.1 Å². The number of thiol groups is 2. The summed E-state index contributed by atoms with van der Waals surface area (Å²) in [6.07, 6.45) is -1.44. The van der Waals surface area contributed by atoms with Crippen LogP contribution in [0.4, 0.5) is 0 Å². The number of carbonyl (C=O) groups excluding carboxylic acids is 14. The average Bonchev–Trinajstić information content (AvgIpc) is 1.72. The molecule has 0 unspecified atom stereocenters. The Morgan fingerprint density at radius 3 is 1.18 bits per heavy atom. The number of para-hydroxylation sites is 3. The van der Waals surface area contributed by atoms with Gasteiger partial charge in [-0.2, -0.15) is 25.3 Å². The van der Waals surface area contributed by atoms with Gasteiger partial charge in [0.2, 0.25) is 82.7 Å². The minimum Gasteiger partial charge on any atom is -0.481 e. The number of fused-ring (bicyclic) bond motifs is 3. The molecule has 3 aromatic carbocycles. The number of guanidine groups is 1. The van der Waals surface area contributed by atoms with E-state index in [9.17, 15) is 97.1 Å². The first-order valence-corrected chi connectivity index (χ1v) is 41.6. The fourth-order valence-corrected chi connectivity index (χ4v) is 13.8. The molecule has 0 fully saturated rings. The van der Waals surface area contributed by atoms with E-state index in [0.717, 1.165) is 6.92 Å². The number of aliphatic carboxylic acids is 3. The topological polar surface area (TPSA) is 689 Å². The molecule has 42 nitrogen and oxygen atoms in total. The number of nitrogens with one attached hydrogen (secondary N) is 18. The summed E-state index contributed by atoms with van der Waals surface area (Å²) in [5.41, 5.74) is 20.4. The Labute approximate surface area is 729 Å². The molecule has 6 rings (SSSR count). The Balaban J connectivity index is 1.17. The molecule has 0 saturated heterocycles. The van der Waals surface area contributed by atoms with Crippen molar-refractivity contribution in [2.24, 2.45) is 35.0 Å². The van der Waals surface area contributed by atoms with E-state index >= 15 is 4.79 Å². The van der Waals surface area contributed by atoms with Crippen LogP contribution in [0, 0.1) is 23.2 Å². The zero-order valence-corrected chi connectivity index (χ0v) is 71.7. The van der Waals surface area contributed by atoms with Gasteiger partial charge in [0.1, 0.15) is 72.5 Å². The highest BCUT2D eigenvalue weighted by atomic mass is 32.1. The molecule has 680 valence electrons. The van der Waals surface area contributed by atoms with Crippen LogP contribution in [-0.4, -0.2) is 251 Å². The Bertz CT molecular complexity index is 4860. The van der Waals surface area contributed by atoms with Crippen LogP contribution in [0.2, 0.25) is 0 Å². The van der Waals surface area contributed by atoms with Gasteiger partial charge in [-0.1, -0.05) is 96.1 Å². The lowest BCUT2D eigenvalue weighted by Gasteiger charge is -2.30. The molecule has 0 radical (unpaired) electrons. The van der Waals surface area contributed by atoms with Crippen molar-refractivity contribution in [2.75, 3.05) is 24.6 Å². The number of aliphatic hydroxyl groups excluding tert-OH is 1. The number of aromatic nitrogens is 3. The van der Waals surface area contributed by atoms with Gasteiger partial charge in [-0.05, 0) is 91.7 Å². The number of amides is 14. The Morgan fingerprint density at radius 1 is 0.408 bits per heavy atom. The number of aliphatic hydroxyl groups is 1. The summed E-state index contributed by atoms with van der Waals surface area (Å²) < 4.78 is 0. The second-order valence-electron chi connectivity index (χ2n) is 31.2. The zero-order chi connectivity index (χ0) is 92.6. The van der Waals surface area contributed by atoms with Crippen molar-refractivity contribution in [2.45, 2.75) is 204 Å². The van der Waals surface area contributed by atoms with E-state index in [4.69, 9.17) is 22.6 Å². The van der Waals surface area contributed by atoms with Crippen molar-refractivity contribution in [1.29, 1.82) is 5.41 Å². The van der Waals surface area contributed by atoms with E-state index in [1.807, 2.05) is 0 Å². The molecule has 3 heterocycles. The van der Waals surface area contributed by atoms with E-state index in [1.54, 1.807) is 119 Å². The highest BCUT2D eigenvalue weighted by Crippen LogP contribution is 2.24. The maximum atomic E-state index is 15.0. The molecular weight excluding hydrogens is 1670 g/mol. The van der Waals surface area contributed by atoms with Gasteiger partial charge in [-0.25, -0.2) is 4.79 Å². The lowest BCUT2D eigenvalue weighted by Crippen LogP contribution is -2.62. The quantitative estimate of drug-likeness (QED) is 0.00782. The number of nitrogens with two attached hydrogens (primary N) is 3. The predicted molar refractivity (Wildman–Crippen MR) is 463 cm³/mol. The number of hydrogen-bond donors (Lipinski definition) is 27. The molecule has 44 heteroatoms. The maximum Gasteiger partial charge on any atom is 0.327 e. The van der Waals surface area contributed by atoms with E-state index in [1.165, 1.54) is 13.8 Å². The first kappa shape index (κ1) is 101. The average molecular weight is 1780 g/mol. The van der Waals surface area contributed by atoms with Gasteiger partial charge in [0.15, 0.2) is 5.96 Å². The third kappa shape index (κ3) is 31.5. The summed E-state index contributed by atoms with van der Waals surface area (Å²) >= 11 is 8.12. The Kier molecular flexibility index (Phi) is 39.5. The minimum atomic E-state index is -2.00. The molecule has 0 saturated carbocycles. The van der Waals surface area contributed by atoms with Crippen LogP contribution in [0.3, 0.4) is 0 Å². The Hall–Kier alpha value is -12.8. The molecule has 0 bridgehead atoms. The molecule has 0 spiro atoms. The van der Waals surface area contributed by atoms with Gasteiger partial charge in [0, 0.05) is 101 Å². The van der Waals surface area contributed by atoms with Crippen molar-refractivity contribution in [1.82, 2.24) is 89.4 Å². The molecule has 6 aromatic rings. The second-order valence-corrected chi connectivity index (χ2v) is 31.9. The number of primary amides is 1. The van der Waals surface area contributed by atoms with Gasteiger partial charge < -0.3 is 127 Å². The fraction of sp³-hybridized carbons (Fsp3) is 0.481. The highest BCUT2D eigenvalue weighted by molar-refractivity contribution is 7.80. The van der Waals surface area contributed by atoms with Gasteiger partial charge in [-0.15, -0.1) is 0 Å². The number of carboxylic acid groups (broad SMARTS) is 3. The highest BCUT2D eigenvalue weighted by Gasteiger charge is 2.40. The zero-order valence-electron chi connectivity index (χ0n) is 69.9. The summed E-state index contributed by atoms with van der Waals surface area (Å²) in [4.78, 5) is 243. The lowest BCUT2D eigenvalue weighted by atomic mass is 9.98.